The molecule has 100 valence electrons. The van der Waals surface area contributed by atoms with Gasteiger partial charge in [-0.05, 0) is 47.5 Å². The normalized spacial score (nSPS) is 21.9. The summed E-state index contributed by atoms with van der Waals surface area (Å²) >= 11 is 0. The number of hydrogen-bond acceptors (Lipinski definition) is 3. The molecule has 1 heterocycles. The molecule has 0 radical (unpaired) electrons. The zero-order chi connectivity index (χ0) is 13.8. The lowest BCUT2D eigenvalue weighted by atomic mass is 9.78. The van der Waals surface area contributed by atoms with Crippen molar-refractivity contribution in [3.8, 4) is 18.0 Å². The molecule has 0 amide bonds. The first-order valence-corrected chi connectivity index (χ1v) is 6.55. The van der Waals surface area contributed by atoms with Crippen LogP contribution < -0.4 is 0 Å². The van der Waals surface area contributed by atoms with Crippen LogP contribution in [0.1, 0.15) is 53.9 Å². The molecule has 3 nitrogen and oxygen atoms in total. The smallest absolute Gasteiger partial charge is 0.0645 e. The summed E-state index contributed by atoms with van der Waals surface area (Å²) in [7, 11) is 0. The third kappa shape index (κ3) is 3.40. The quantitative estimate of drug-likeness (QED) is 0.569. The van der Waals surface area contributed by atoms with Gasteiger partial charge in [0.05, 0.1) is 25.2 Å². The van der Waals surface area contributed by atoms with Crippen LogP contribution in [-0.2, 0) is 4.74 Å². The van der Waals surface area contributed by atoms with Gasteiger partial charge in [0.25, 0.3) is 0 Å². The van der Waals surface area contributed by atoms with Crippen molar-refractivity contribution in [2.75, 3.05) is 6.61 Å². The van der Waals surface area contributed by atoms with Crippen LogP contribution in [0.3, 0.4) is 0 Å². The monoisotopic (exact) mass is 248 g/mol. The molecule has 1 aliphatic heterocycles. The number of hydrogen-bond donors (Lipinski definition) is 0. The van der Waals surface area contributed by atoms with E-state index in [4.69, 9.17) is 10.00 Å². The number of rotatable bonds is 3. The molecule has 3 heteroatoms. The van der Waals surface area contributed by atoms with E-state index in [0.29, 0.717) is 13.0 Å². The molecule has 0 unspecified atom stereocenters. The molecule has 0 saturated carbocycles. The highest BCUT2D eigenvalue weighted by atomic mass is 16.5. The van der Waals surface area contributed by atoms with Gasteiger partial charge in [-0.2, -0.15) is 5.26 Å². The average molecular weight is 248 g/mol. The first-order valence-electron chi connectivity index (χ1n) is 6.55. The molecule has 1 fully saturated rings. The Morgan fingerprint density at radius 2 is 1.78 bits per heavy atom. The first kappa shape index (κ1) is 14.9. The van der Waals surface area contributed by atoms with Crippen LogP contribution in [0.15, 0.2) is 0 Å². The van der Waals surface area contributed by atoms with Crippen molar-refractivity contribution in [3.05, 3.63) is 0 Å². The van der Waals surface area contributed by atoms with Crippen molar-refractivity contribution in [3.63, 3.8) is 0 Å². The molecule has 1 rings (SSSR count). The van der Waals surface area contributed by atoms with Gasteiger partial charge in [0.2, 0.25) is 0 Å². The third-order valence-electron chi connectivity index (χ3n) is 3.46. The SMILES string of the molecule is CC#CN1C(C)(C)CC(OCCC#N)CC1(C)C. The molecule has 0 spiro atoms. The molecule has 1 saturated heterocycles. The van der Waals surface area contributed by atoms with E-state index < -0.39 is 0 Å². The Morgan fingerprint density at radius 1 is 1.22 bits per heavy atom. The molecule has 0 aromatic carbocycles. The van der Waals surface area contributed by atoms with Gasteiger partial charge in [0.15, 0.2) is 0 Å². The van der Waals surface area contributed by atoms with Gasteiger partial charge in [-0.1, -0.05) is 5.92 Å². The van der Waals surface area contributed by atoms with Crippen molar-refractivity contribution >= 4 is 0 Å². The van der Waals surface area contributed by atoms with Crippen LogP contribution in [0.2, 0.25) is 0 Å². The summed E-state index contributed by atoms with van der Waals surface area (Å²) in [5, 5.41) is 8.56. The van der Waals surface area contributed by atoms with Crippen LogP contribution in [0.25, 0.3) is 0 Å². The zero-order valence-electron chi connectivity index (χ0n) is 12.2. The maximum absolute atomic E-state index is 8.56. The molecule has 0 atom stereocenters. The molecule has 0 aromatic rings. The largest absolute Gasteiger partial charge is 0.377 e. The molecule has 1 aliphatic rings. The molecule has 0 aliphatic carbocycles. The van der Waals surface area contributed by atoms with E-state index in [0.717, 1.165) is 12.8 Å². The molecular formula is C15H24N2O. The Hall–Kier alpha value is -1.19. The van der Waals surface area contributed by atoms with Gasteiger partial charge in [-0.25, -0.2) is 0 Å². The highest BCUT2D eigenvalue weighted by molar-refractivity contribution is 5.11. The fraction of sp³-hybridized carbons (Fsp3) is 0.800. The van der Waals surface area contributed by atoms with Gasteiger partial charge in [0.1, 0.15) is 0 Å². The van der Waals surface area contributed by atoms with E-state index >= 15 is 0 Å². The van der Waals surface area contributed by atoms with E-state index in [2.05, 4.69) is 50.6 Å². The van der Waals surface area contributed by atoms with E-state index in [-0.39, 0.29) is 17.2 Å². The second-order valence-corrected chi connectivity index (χ2v) is 6.13. The van der Waals surface area contributed by atoms with Crippen molar-refractivity contribution in [1.29, 1.82) is 5.26 Å². The summed E-state index contributed by atoms with van der Waals surface area (Å²) in [5.74, 6) is 3.01. The maximum atomic E-state index is 8.56. The molecule has 0 N–H and O–H groups in total. The van der Waals surface area contributed by atoms with E-state index in [1.54, 1.807) is 0 Å². The minimum Gasteiger partial charge on any atom is -0.377 e. The number of nitriles is 1. The molecular weight excluding hydrogens is 224 g/mol. The highest BCUT2D eigenvalue weighted by Gasteiger charge is 2.44. The number of piperidine rings is 1. The number of ether oxygens (including phenoxy) is 1. The molecule has 0 aromatic heterocycles. The Kier molecular flexibility index (Phi) is 4.65. The fourth-order valence-corrected chi connectivity index (χ4v) is 2.99. The lowest BCUT2D eigenvalue weighted by Crippen LogP contribution is -2.60. The summed E-state index contributed by atoms with van der Waals surface area (Å²) in [4.78, 5) is 2.25. The van der Waals surface area contributed by atoms with Crippen LogP contribution in [0, 0.1) is 23.3 Å². The zero-order valence-corrected chi connectivity index (χ0v) is 12.2. The van der Waals surface area contributed by atoms with Crippen LogP contribution in [0.4, 0.5) is 0 Å². The third-order valence-corrected chi connectivity index (χ3v) is 3.46. The average Bonchev–Trinajstić information content (AvgIpc) is 2.23. The lowest BCUT2D eigenvalue weighted by molar-refractivity contribution is -0.0745. The topological polar surface area (TPSA) is 36.3 Å². The minimum atomic E-state index is 0.00205. The molecule has 18 heavy (non-hydrogen) atoms. The van der Waals surface area contributed by atoms with Gasteiger partial charge < -0.3 is 9.64 Å². The number of likely N-dealkylation sites (tertiary alicyclic amines) is 1. The highest BCUT2D eigenvalue weighted by Crippen LogP contribution is 2.38. The Balaban J connectivity index is 2.77. The first-order chi connectivity index (χ1) is 8.33. The van der Waals surface area contributed by atoms with Gasteiger partial charge >= 0.3 is 0 Å². The van der Waals surface area contributed by atoms with Crippen LogP contribution in [-0.4, -0.2) is 28.7 Å². The Bertz CT molecular complexity index is 364. The van der Waals surface area contributed by atoms with Crippen molar-refractivity contribution in [2.45, 2.75) is 71.1 Å². The second kappa shape index (κ2) is 5.63. The van der Waals surface area contributed by atoms with Crippen LogP contribution in [0.5, 0.6) is 0 Å². The van der Waals surface area contributed by atoms with Crippen molar-refractivity contribution in [1.82, 2.24) is 4.90 Å². The van der Waals surface area contributed by atoms with Gasteiger partial charge in [0, 0.05) is 17.1 Å². The summed E-state index contributed by atoms with van der Waals surface area (Å²) in [6.07, 6.45) is 2.60. The van der Waals surface area contributed by atoms with Crippen LogP contribution >= 0.6 is 0 Å². The van der Waals surface area contributed by atoms with E-state index in [9.17, 15) is 0 Å². The maximum Gasteiger partial charge on any atom is 0.0645 e. The second-order valence-electron chi connectivity index (χ2n) is 6.13. The Morgan fingerprint density at radius 3 is 2.22 bits per heavy atom. The lowest BCUT2D eigenvalue weighted by Gasteiger charge is -2.53. The van der Waals surface area contributed by atoms with Crippen molar-refractivity contribution < 1.29 is 4.74 Å². The standard InChI is InChI=1S/C15H24N2O/c1-6-9-17-14(2,3)11-13(12-15(17,4)5)18-10-7-8-16/h13H,7,10-12H2,1-5H3. The predicted octanol–water partition coefficient (Wildman–Crippen LogP) is 2.92. The van der Waals surface area contributed by atoms with Gasteiger partial charge in [-0.3, -0.25) is 0 Å². The van der Waals surface area contributed by atoms with E-state index in [1.165, 1.54) is 0 Å². The summed E-state index contributed by atoms with van der Waals surface area (Å²) in [6.45, 7) is 11.2. The fourth-order valence-electron chi connectivity index (χ4n) is 2.99. The molecule has 0 bridgehead atoms. The van der Waals surface area contributed by atoms with Gasteiger partial charge in [-0.15, -0.1) is 0 Å². The van der Waals surface area contributed by atoms with Crippen molar-refractivity contribution in [2.24, 2.45) is 0 Å². The minimum absolute atomic E-state index is 0.00205. The summed E-state index contributed by atoms with van der Waals surface area (Å²) in [5.41, 5.74) is 0.00411. The summed E-state index contributed by atoms with van der Waals surface area (Å²) in [6, 6.07) is 5.35. The number of nitrogens with zero attached hydrogens (tertiary/aromatic N) is 2. The Labute approximate surface area is 111 Å². The predicted molar refractivity (Wildman–Crippen MR) is 72.7 cm³/mol. The van der Waals surface area contributed by atoms with E-state index in [1.807, 2.05) is 6.92 Å². The summed E-state index contributed by atoms with van der Waals surface area (Å²) < 4.78 is 5.82.